The van der Waals surface area contributed by atoms with Gasteiger partial charge in [0, 0.05) is 11.4 Å². The number of hydrogen-bond acceptors (Lipinski definition) is 3. The number of hydrogen-bond donors (Lipinski definition) is 2. The van der Waals surface area contributed by atoms with Crippen LogP contribution in [-0.2, 0) is 4.74 Å². The van der Waals surface area contributed by atoms with Crippen LogP contribution in [0.2, 0.25) is 0 Å². The molecule has 0 aliphatic heterocycles. The SMILES string of the molecule is COC(=O)c1c(C)[nH]c(C(=O)Nc2ccccc2C(C)C)c1C. The van der Waals surface area contributed by atoms with E-state index >= 15 is 0 Å². The summed E-state index contributed by atoms with van der Waals surface area (Å²) in [6, 6.07) is 7.70. The molecule has 1 aromatic carbocycles. The monoisotopic (exact) mass is 314 g/mol. The van der Waals surface area contributed by atoms with Crippen LogP contribution in [0.4, 0.5) is 5.69 Å². The van der Waals surface area contributed by atoms with E-state index in [1.807, 2.05) is 24.3 Å². The number of ether oxygens (including phenoxy) is 1. The third kappa shape index (κ3) is 3.28. The van der Waals surface area contributed by atoms with Crippen molar-refractivity contribution in [2.75, 3.05) is 12.4 Å². The molecule has 2 aromatic rings. The molecule has 0 saturated carbocycles. The quantitative estimate of drug-likeness (QED) is 0.843. The van der Waals surface area contributed by atoms with Crippen LogP contribution in [0.25, 0.3) is 0 Å². The zero-order chi connectivity index (χ0) is 17.1. The van der Waals surface area contributed by atoms with Crippen LogP contribution in [0.1, 0.15) is 57.4 Å². The van der Waals surface area contributed by atoms with Gasteiger partial charge in [0.25, 0.3) is 5.91 Å². The number of H-pyrrole nitrogens is 1. The highest BCUT2D eigenvalue weighted by atomic mass is 16.5. The summed E-state index contributed by atoms with van der Waals surface area (Å²) < 4.78 is 4.77. The summed E-state index contributed by atoms with van der Waals surface area (Å²) in [5.74, 6) is -0.421. The molecule has 1 heterocycles. The minimum atomic E-state index is -0.446. The number of nitrogens with one attached hydrogen (secondary N) is 2. The number of rotatable bonds is 4. The maximum atomic E-state index is 12.6. The third-order valence-corrected chi connectivity index (χ3v) is 3.89. The van der Waals surface area contributed by atoms with Gasteiger partial charge < -0.3 is 15.0 Å². The molecule has 0 aliphatic rings. The van der Waals surface area contributed by atoms with E-state index < -0.39 is 5.97 Å². The summed E-state index contributed by atoms with van der Waals surface area (Å²) in [6.07, 6.45) is 0. The molecule has 23 heavy (non-hydrogen) atoms. The number of benzene rings is 1. The number of methoxy groups -OCH3 is 1. The zero-order valence-corrected chi connectivity index (χ0v) is 14.1. The molecule has 0 unspecified atom stereocenters. The molecule has 0 aliphatic carbocycles. The van der Waals surface area contributed by atoms with Crippen molar-refractivity contribution in [3.05, 3.63) is 52.3 Å². The highest BCUT2D eigenvalue weighted by molar-refractivity contribution is 6.07. The largest absolute Gasteiger partial charge is 0.465 e. The van der Waals surface area contributed by atoms with Crippen LogP contribution >= 0.6 is 0 Å². The summed E-state index contributed by atoms with van der Waals surface area (Å²) in [6.45, 7) is 7.63. The third-order valence-electron chi connectivity index (χ3n) is 3.89. The van der Waals surface area contributed by atoms with Gasteiger partial charge in [-0.05, 0) is 37.0 Å². The second-order valence-corrected chi connectivity index (χ2v) is 5.81. The van der Waals surface area contributed by atoms with E-state index in [0.29, 0.717) is 28.4 Å². The summed E-state index contributed by atoms with van der Waals surface area (Å²) in [5.41, 5.74) is 3.84. The van der Waals surface area contributed by atoms with Crippen molar-refractivity contribution < 1.29 is 14.3 Å². The van der Waals surface area contributed by atoms with Crippen LogP contribution < -0.4 is 5.32 Å². The minimum Gasteiger partial charge on any atom is -0.465 e. The van der Waals surface area contributed by atoms with Crippen LogP contribution in [-0.4, -0.2) is 24.0 Å². The molecule has 0 bridgehead atoms. The molecule has 2 N–H and O–H groups in total. The lowest BCUT2D eigenvalue weighted by atomic mass is 10.0. The molecular weight excluding hydrogens is 292 g/mol. The molecule has 1 aromatic heterocycles. The summed E-state index contributed by atoms with van der Waals surface area (Å²) in [5, 5.41) is 2.92. The minimum absolute atomic E-state index is 0.270. The van der Waals surface area contributed by atoms with E-state index in [4.69, 9.17) is 4.74 Å². The first-order valence-electron chi connectivity index (χ1n) is 7.54. The van der Waals surface area contributed by atoms with E-state index in [9.17, 15) is 9.59 Å². The second-order valence-electron chi connectivity index (χ2n) is 5.81. The van der Waals surface area contributed by atoms with E-state index in [2.05, 4.69) is 24.1 Å². The topological polar surface area (TPSA) is 71.2 Å². The van der Waals surface area contributed by atoms with Gasteiger partial charge >= 0.3 is 5.97 Å². The lowest BCUT2D eigenvalue weighted by Crippen LogP contribution is -2.15. The first-order chi connectivity index (χ1) is 10.9. The average molecular weight is 314 g/mol. The zero-order valence-electron chi connectivity index (χ0n) is 14.1. The van der Waals surface area contributed by atoms with Gasteiger partial charge in [0.05, 0.1) is 12.7 Å². The fourth-order valence-electron chi connectivity index (χ4n) is 2.68. The van der Waals surface area contributed by atoms with Crippen molar-refractivity contribution in [2.24, 2.45) is 0 Å². The Morgan fingerprint density at radius 2 is 1.83 bits per heavy atom. The molecular formula is C18H22N2O3. The Bertz CT molecular complexity index is 745. The summed E-state index contributed by atoms with van der Waals surface area (Å²) in [4.78, 5) is 27.4. The highest BCUT2D eigenvalue weighted by Crippen LogP contribution is 2.25. The Labute approximate surface area is 136 Å². The maximum absolute atomic E-state index is 12.6. The molecule has 5 nitrogen and oxygen atoms in total. The van der Waals surface area contributed by atoms with Gasteiger partial charge in [-0.1, -0.05) is 32.0 Å². The number of esters is 1. The smallest absolute Gasteiger partial charge is 0.339 e. The van der Waals surface area contributed by atoms with Crippen molar-refractivity contribution in [1.82, 2.24) is 4.98 Å². The van der Waals surface area contributed by atoms with E-state index in [-0.39, 0.29) is 5.91 Å². The highest BCUT2D eigenvalue weighted by Gasteiger charge is 2.23. The number of aromatic amines is 1. The molecule has 0 atom stereocenters. The Kier molecular flexibility index (Phi) is 4.89. The second kappa shape index (κ2) is 6.69. The van der Waals surface area contributed by atoms with E-state index in [1.165, 1.54) is 7.11 Å². The van der Waals surface area contributed by atoms with Gasteiger partial charge in [0.2, 0.25) is 0 Å². The lowest BCUT2D eigenvalue weighted by Gasteiger charge is -2.13. The first-order valence-corrected chi connectivity index (χ1v) is 7.54. The van der Waals surface area contributed by atoms with Crippen LogP contribution in [0.3, 0.4) is 0 Å². The first kappa shape index (κ1) is 16.8. The number of aryl methyl sites for hydroxylation is 1. The number of amides is 1. The van der Waals surface area contributed by atoms with Crippen LogP contribution in [0.5, 0.6) is 0 Å². The Balaban J connectivity index is 2.35. The van der Waals surface area contributed by atoms with E-state index in [1.54, 1.807) is 13.8 Å². The molecule has 122 valence electrons. The van der Waals surface area contributed by atoms with Crippen molar-refractivity contribution in [2.45, 2.75) is 33.6 Å². The van der Waals surface area contributed by atoms with Crippen molar-refractivity contribution in [3.63, 3.8) is 0 Å². The predicted octanol–water partition coefficient (Wildman–Crippen LogP) is 3.79. The molecule has 0 spiro atoms. The number of carbonyl (C=O) groups is 2. The number of aromatic nitrogens is 1. The molecule has 5 heteroatoms. The van der Waals surface area contributed by atoms with Gasteiger partial charge in [-0.3, -0.25) is 4.79 Å². The average Bonchev–Trinajstić information content (AvgIpc) is 2.82. The maximum Gasteiger partial charge on any atom is 0.339 e. The normalized spacial score (nSPS) is 10.7. The number of anilines is 1. The molecule has 2 rings (SSSR count). The van der Waals surface area contributed by atoms with Crippen LogP contribution in [0.15, 0.2) is 24.3 Å². The Morgan fingerprint density at radius 1 is 1.17 bits per heavy atom. The molecule has 0 fully saturated rings. The Hall–Kier alpha value is -2.56. The predicted molar refractivity (Wildman–Crippen MR) is 90.1 cm³/mol. The van der Waals surface area contributed by atoms with Crippen molar-refractivity contribution in [1.29, 1.82) is 0 Å². The Morgan fingerprint density at radius 3 is 2.43 bits per heavy atom. The standard InChI is InChI=1S/C18H22N2O3/c1-10(2)13-8-6-7-9-14(13)20-17(21)16-11(3)15(12(4)19-16)18(22)23-5/h6-10,19H,1-5H3,(H,20,21). The lowest BCUT2D eigenvalue weighted by molar-refractivity contribution is 0.0599. The molecule has 0 saturated heterocycles. The fourth-order valence-corrected chi connectivity index (χ4v) is 2.68. The fraction of sp³-hybridized carbons (Fsp3) is 0.333. The molecule has 1 amide bonds. The van der Waals surface area contributed by atoms with Gasteiger partial charge in [-0.2, -0.15) is 0 Å². The van der Waals surface area contributed by atoms with Gasteiger partial charge in [0.15, 0.2) is 0 Å². The van der Waals surface area contributed by atoms with Crippen molar-refractivity contribution in [3.8, 4) is 0 Å². The van der Waals surface area contributed by atoms with Gasteiger partial charge in [0.1, 0.15) is 5.69 Å². The van der Waals surface area contributed by atoms with E-state index in [0.717, 1.165) is 11.3 Å². The van der Waals surface area contributed by atoms with Crippen molar-refractivity contribution >= 4 is 17.6 Å². The molecule has 0 radical (unpaired) electrons. The van der Waals surface area contributed by atoms with Gasteiger partial charge in [-0.15, -0.1) is 0 Å². The summed E-state index contributed by atoms with van der Waals surface area (Å²) >= 11 is 0. The van der Waals surface area contributed by atoms with Gasteiger partial charge in [-0.25, -0.2) is 4.79 Å². The summed E-state index contributed by atoms with van der Waals surface area (Å²) in [7, 11) is 1.33. The number of carbonyl (C=O) groups excluding carboxylic acids is 2. The van der Waals surface area contributed by atoms with Crippen LogP contribution in [0, 0.1) is 13.8 Å². The number of para-hydroxylation sites is 1.